The minimum absolute atomic E-state index is 0.0708. The summed E-state index contributed by atoms with van der Waals surface area (Å²) >= 11 is 0. The molecule has 7 heteroatoms. The molecule has 4 rings (SSSR count). The quantitative estimate of drug-likeness (QED) is 0.557. The molecule has 0 saturated heterocycles. The number of nitrogens with zero attached hydrogens (tertiary/aromatic N) is 3. The van der Waals surface area contributed by atoms with Gasteiger partial charge in [0.05, 0.1) is 11.4 Å². The van der Waals surface area contributed by atoms with Crippen LogP contribution in [0.15, 0.2) is 57.7 Å². The van der Waals surface area contributed by atoms with Crippen molar-refractivity contribution < 1.29 is 14.3 Å². The Morgan fingerprint density at radius 3 is 2.54 bits per heavy atom. The first-order valence-electron chi connectivity index (χ1n) is 7.19. The summed E-state index contributed by atoms with van der Waals surface area (Å²) in [6, 6.07) is 13.6. The van der Waals surface area contributed by atoms with Crippen LogP contribution < -0.4 is 10.7 Å². The van der Waals surface area contributed by atoms with E-state index in [0.717, 1.165) is 4.68 Å². The molecular formula is C17H10N3O4-. The number of carboxylic acid groups (broad SMARTS) is 1. The van der Waals surface area contributed by atoms with Crippen molar-refractivity contribution in [3.05, 3.63) is 70.5 Å². The maximum atomic E-state index is 12.5. The Morgan fingerprint density at radius 1 is 1.08 bits per heavy atom. The zero-order valence-corrected chi connectivity index (χ0v) is 12.3. The number of para-hydroxylation sites is 2. The average Bonchev–Trinajstić information content (AvgIpc) is 2.99. The first-order chi connectivity index (χ1) is 11.6. The van der Waals surface area contributed by atoms with E-state index in [1.165, 1.54) is 6.07 Å². The molecule has 0 amide bonds. The van der Waals surface area contributed by atoms with Crippen LogP contribution in [-0.2, 0) is 6.54 Å². The van der Waals surface area contributed by atoms with Gasteiger partial charge in [-0.2, -0.15) is 5.10 Å². The third kappa shape index (κ3) is 2.23. The van der Waals surface area contributed by atoms with Gasteiger partial charge in [0.25, 0.3) is 5.56 Å². The van der Waals surface area contributed by atoms with Crippen molar-refractivity contribution >= 4 is 27.8 Å². The lowest BCUT2D eigenvalue weighted by Gasteiger charge is -2.10. The van der Waals surface area contributed by atoms with Crippen molar-refractivity contribution in [1.82, 2.24) is 14.8 Å². The topological polar surface area (TPSA) is 101 Å². The van der Waals surface area contributed by atoms with Crippen molar-refractivity contribution in [2.24, 2.45) is 0 Å². The van der Waals surface area contributed by atoms with Crippen LogP contribution in [0.5, 0.6) is 0 Å². The summed E-state index contributed by atoms with van der Waals surface area (Å²) in [5, 5.41) is 15.8. The molecule has 118 valence electrons. The fraction of sp³-hybridized carbons (Fsp3) is 0.0588. The molecule has 0 radical (unpaired) electrons. The molecular weight excluding hydrogens is 310 g/mol. The summed E-state index contributed by atoms with van der Waals surface area (Å²) in [6.45, 7) is -0.0708. The molecule has 0 N–H and O–H groups in total. The largest absolute Gasteiger partial charge is 0.543 e. The molecule has 0 aliphatic heterocycles. The highest BCUT2D eigenvalue weighted by Gasteiger charge is 2.13. The second kappa shape index (κ2) is 5.31. The molecule has 0 atom stereocenters. The van der Waals surface area contributed by atoms with Crippen LogP contribution in [0.25, 0.3) is 21.9 Å². The van der Waals surface area contributed by atoms with E-state index in [1.54, 1.807) is 30.3 Å². The highest BCUT2D eigenvalue weighted by atomic mass is 16.4. The summed E-state index contributed by atoms with van der Waals surface area (Å²) in [5.41, 5.74) is 0.530. The van der Waals surface area contributed by atoms with Crippen LogP contribution in [0.4, 0.5) is 0 Å². The van der Waals surface area contributed by atoms with Crippen molar-refractivity contribution in [2.75, 3.05) is 0 Å². The van der Waals surface area contributed by atoms with Gasteiger partial charge in [-0.05, 0) is 18.2 Å². The highest BCUT2D eigenvalue weighted by Crippen LogP contribution is 2.16. The summed E-state index contributed by atoms with van der Waals surface area (Å²) in [5.74, 6) is -1.18. The fourth-order valence-electron chi connectivity index (χ4n) is 2.61. The van der Waals surface area contributed by atoms with Gasteiger partial charge in [-0.1, -0.05) is 30.3 Å². The van der Waals surface area contributed by atoms with Crippen molar-refractivity contribution in [3.8, 4) is 0 Å². The zero-order valence-electron chi connectivity index (χ0n) is 12.3. The van der Waals surface area contributed by atoms with E-state index >= 15 is 0 Å². The number of hydrogen-bond acceptors (Lipinski definition) is 6. The summed E-state index contributed by atoms with van der Waals surface area (Å²) in [6.07, 6.45) is 0. The van der Waals surface area contributed by atoms with Gasteiger partial charge in [-0.15, -0.1) is 0 Å². The molecule has 0 aliphatic rings. The molecule has 2 aromatic carbocycles. The van der Waals surface area contributed by atoms with Gasteiger partial charge in [0.2, 0.25) is 5.89 Å². The summed E-state index contributed by atoms with van der Waals surface area (Å²) in [4.78, 5) is 28.2. The second-order valence-corrected chi connectivity index (χ2v) is 5.22. The Morgan fingerprint density at radius 2 is 1.79 bits per heavy atom. The van der Waals surface area contributed by atoms with E-state index in [0.29, 0.717) is 11.1 Å². The highest BCUT2D eigenvalue weighted by molar-refractivity contribution is 6.00. The van der Waals surface area contributed by atoms with Gasteiger partial charge in [0, 0.05) is 5.39 Å². The number of carbonyl (C=O) groups is 1. The SMILES string of the molecule is O=C([O-])c1nn(Cc2nc3ccccc3o2)c(=O)c2ccccc12. The molecule has 24 heavy (non-hydrogen) atoms. The normalized spacial score (nSPS) is 11.2. The Labute approximate surface area is 134 Å². The predicted molar refractivity (Wildman–Crippen MR) is 83.4 cm³/mol. The number of oxazole rings is 1. The van der Waals surface area contributed by atoms with Gasteiger partial charge < -0.3 is 14.3 Å². The van der Waals surface area contributed by atoms with Gasteiger partial charge in [0.1, 0.15) is 17.8 Å². The second-order valence-electron chi connectivity index (χ2n) is 5.22. The standard InChI is InChI=1S/C17H11N3O4/c21-16-11-6-2-1-5-10(11)15(17(22)23)19-20(16)9-14-18-12-7-3-4-8-13(12)24-14/h1-8H,9H2,(H,22,23)/p-1. The lowest BCUT2D eigenvalue weighted by molar-refractivity contribution is -0.255. The molecule has 2 aromatic heterocycles. The first-order valence-corrected chi connectivity index (χ1v) is 7.19. The van der Waals surface area contributed by atoms with Crippen LogP contribution in [0.2, 0.25) is 0 Å². The van der Waals surface area contributed by atoms with Gasteiger partial charge >= 0.3 is 0 Å². The Hall–Kier alpha value is -3.48. The lowest BCUT2D eigenvalue weighted by Crippen LogP contribution is -2.31. The maximum Gasteiger partial charge on any atom is 0.275 e. The third-order valence-electron chi connectivity index (χ3n) is 3.68. The molecule has 0 fully saturated rings. The number of carboxylic acids is 1. The minimum Gasteiger partial charge on any atom is -0.543 e. The van der Waals surface area contributed by atoms with Gasteiger partial charge in [0.15, 0.2) is 5.58 Å². The third-order valence-corrected chi connectivity index (χ3v) is 3.68. The number of aromatic nitrogens is 3. The van der Waals surface area contributed by atoms with Crippen LogP contribution in [-0.4, -0.2) is 20.7 Å². The summed E-state index contributed by atoms with van der Waals surface area (Å²) < 4.78 is 6.59. The fourth-order valence-corrected chi connectivity index (χ4v) is 2.61. The van der Waals surface area contributed by atoms with Crippen molar-refractivity contribution in [1.29, 1.82) is 0 Å². The lowest BCUT2D eigenvalue weighted by atomic mass is 10.1. The Bertz CT molecular complexity index is 1110. The van der Waals surface area contributed by atoms with E-state index in [9.17, 15) is 14.7 Å². The van der Waals surface area contributed by atoms with E-state index in [2.05, 4.69) is 10.1 Å². The predicted octanol–water partition coefficient (Wildman–Crippen LogP) is 0.949. The maximum absolute atomic E-state index is 12.5. The molecule has 0 spiro atoms. The smallest absolute Gasteiger partial charge is 0.275 e. The average molecular weight is 320 g/mol. The van der Waals surface area contributed by atoms with Gasteiger partial charge in [-0.3, -0.25) is 4.79 Å². The number of benzene rings is 2. The van der Waals surface area contributed by atoms with Crippen LogP contribution in [0.1, 0.15) is 16.4 Å². The van der Waals surface area contributed by atoms with Crippen LogP contribution in [0, 0.1) is 0 Å². The monoisotopic (exact) mass is 320 g/mol. The molecule has 7 nitrogen and oxygen atoms in total. The summed E-state index contributed by atoms with van der Waals surface area (Å²) in [7, 11) is 0. The van der Waals surface area contributed by atoms with E-state index in [4.69, 9.17) is 4.42 Å². The molecule has 0 aliphatic carbocycles. The number of fused-ring (bicyclic) bond motifs is 2. The van der Waals surface area contributed by atoms with E-state index in [-0.39, 0.29) is 28.9 Å². The molecule has 4 aromatic rings. The molecule has 0 saturated carbocycles. The molecule has 0 unspecified atom stereocenters. The van der Waals surface area contributed by atoms with Crippen LogP contribution in [0.3, 0.4) is 0 Å². The molecule has 0 bridgehead atoms. The van der Waals surface area contributed by atoms with Crippen molar-refractivity contribution in [2.45, 2.75) is 6.54 Å². The number of rotatable bonds is 3. The van der Waals surface area contributed by atoms with Crippen molar-refractivity contribution in [3.63, 3.8) is 0 Å². The first kappa shape index (κ1) is 14.1. The molecule has 2 heterocycles. The van der Waals surface area contributed by atoms with E-state index < -0.39 is 11.5 Å². The number of carbonyl (C=O) groups excluding carboxylic acids is 1. The minimum atomic E-state index is -1.45. The van der Waals surface area contributed by atoms with Gasteiger partial charge in [-0.25, -0.2) is 9.67 Å². The Balaban J connectivity index is 1.88. The van der Waals surface area contributed by atoms with Crippen LogP contribution >= 0.6 is 0 Å². The zero-order chi connectivity index (χ0) is 16.7. The van der Waals surface area contributed by atoms with E-state index in [1.807, 2.05) is 12.1 Å². The number of hydrogen-bond donors (Lipinski definition) is 0. The Kier molecular flexibility index (Phi) is 3.13. The number of aromatic carboxylic acids is 1.